The number of likely N-dealkylation sites (tertiary alicyclic amines) is 1. The summed E-state index contributed by atoms with van der Waals surface area (Å²) in [7, 11) is 0. The summed E-state index contributed by atoms with van der Waals surface area (Å²) in [5.41, 5.74) is 0.426. The van der Waals surface area contributed by atoms with Gasteiger partial charge in [0, 0.05) is 48.0 Å². The van der Waals surface area contributed by atoms with Gasteiger partial charge in [-0.15, -0.1) is 15.7 Å². The van der Waals surface area contributed by atoms with Gasteiger partial charge in [-0.3, -0.25) is 24.1 Å². The number of urea groups is 1. The number of aromatic amines is 1. The van der Waals surface area contributed by atoms with Gasteiger partial charge in [-0.2, -0.15) is 11.8 Å². The monoisotopic (exact) mass is 794 g/mol. The summed E-state index contributed by atoms with van der Waals surface area (Å²) in [6.45, 7) is 0.706. The number of imide groups is 1. The first-order chi connectivity index (χ1) is 24.6. The zero-order chi connectivity index (χ0) is 36.5. The van der Waals surface area contributed by atoms with Crippen LogP contribution in [0.15, 0.2) is 11.7 Å². The van der Waals surface area contributed by atoms with E-state index in [0.717, 1.165) is 41.8 Å². The van der Waals surface area contributed by atoms with Crippen LogP contribution < -0.4 is 50.6 Å². The summed E-state index contributed by atoms with van der Waals surface area (Å²) in [6.07, 6.45) is 6.09. The van der Waals surface area contributed by atoms with Gasteiger partial charge >= 0.3 is 41.6 Å². The Morgan fingerprint density at radius 1 is 1.21 bits per heavy atom. The van der Waals surface area contributed by atoms with Crippen LogP contribution in [0.5, 0.6) is 0 Å². The maximum Gasteiger partial charge on any atom is 1.00 e. The quantitative estimate of drug-likeness (QED) is 0.0193. The van der Waals surface area contributed by atoms with Crippen molar-refractivity contribution >= 4 is 81.9 Å². The van der Waals surface area contributed by atoms with Gasteiger partial charge < -0.3 is 40.7 Å². The molecule has 4 fully saturated rings. The number of aromatic nitrogens is 2. The molecule has 22 heteroatoms. The van der Waals surface area contributed by atoms with E-state index < -0.39 is 40.6 Å². The summed E-state index contributed by atoms with van der Waals surface area (Å²) >= 11 is 3.69. The van der Waals surface area contributed by atoms with Crippen molar-refractivity contribution < 1.29 is 87.9 Å². The molecule has 52 heavy (non-hydrogen) atoms. The minimum absolute atomic E-state index is 0. The topological polar surface area (TPSA) is 262 Å². The first-order valence-electron chi connectivity index (χ1n) is 16.5. The van der Waals surface area contributed by atoms with E-state index >= 15 is 0 Å². The minimum atomic E-state index is -1.56. The van der Waals surface area contributed by atoms with E-state index in [2.05, 4.69) is 35.3 Å². The second-order valence-corrected chi connectivity index (χ2v) is 15.4. The van der Waals surface area contributed by atoms with Crippen LogP contribution in [0, 0.1) is 0 Å². The average Bonchev–Trinajstić information content (AvgIpc) is 3.94. The number of aliphatic carboxylic acids is 2. The maximum atomic E-state index is 13.1. The SMILES string of the molecule is O=C(O)CCCC[C@@H]1SC[C@@H]2NC(=O)N[C@@H]21.O=C([O-])C(CCCCNC(=O)C1(c2scc3[nH]cnc23)CCCO1)N1C(=O)CC(SOOO)C1=O.[Na+]. The summed E-state index contributed by atoms with van der Waals surface area (Å²) < 4.78 is 10.1. The van der Waals surface area contributed by atoms with E-state index in [1.807, 2.05) is 17.1 Å². The van der Waals surface area contributed by atoms with E-state index in [9.17, 15) is 33.9 Å². The molecule has 0 radical (unpaired) electrons. The molecule has 5 amide bonds. The number of unbranched alkanes of at least 4 members (excludes halogenated alkanes) is 2. The van der Waals surface area contributed by atoms with Gasteiger partial charge in [0.15, 0.2) is 5.60 Å². The molecule has 0 saturated carbocycles. The van der Waals surface area contributed by atoms with E-state index in [-0.39, 0.29) is 79.4 Å². The maximum absolute atomic E-state index is 13.1. The molecule has 6 N–H and O–H groups in total. The van der Waals surface area contributed by atoms with Crippen LogP contribution in [-0.2, 0) is 43.7 Å². The number of amides is 5. The van der Waals surface area contributed by atoms with Crippen LogP contribution in [0.25, 0.3) is 11.0 Å². The van der Waals surface area contributed by atoms with Crippen molar-refractivity contribution in [1.82, 2.24) is 30.8 Å². The number of carboxylic acid groups (broad SMARTS) is 2. The molecule has 4 saturated heterocycles. The Morgan fingerprint density at radius 2 is 2.02 bits per heavy atom. The van der Waals surface area contributed by atoms with Gasteiger partial charge in [0.05, 0.1) is 47.2 Å². The molecule has 0 bridgehead atoms. The molecule has 0 aliphatic carbocycles. The Bertz CT molecular complexity index is 1590. The summed E-state index contributed by atoms with van der Waals surface area (Å²) in [5, 5.41) is 41.8. The first-order valence-corrected chi connectivity index (χ1v) is 19.2. The number of thioether (sulfide) groups is 1. The molecular formula is C30H39N6NaO12S3. The number of fused-ring (bicyclic) bond motifs is 2. The number of imidazole rings is 1. The van der Waals surface area contributed by atoms with Crippen molar-refractivity contribution in [2.24, 2.45) is 0 Å². The van der Waals surface area contributed by atoms with Crippen molar-refractivity contribution in [3.63, 3.8) is 0 Å². The van der Waals surface area contributed by atoms with Crippen molar-refractivity contribution in [2.75, 3.05) is 18.9 Å². The number of rotatable bonds is 17. The standard InChI is InChI=1S/C20H24N4O9S2.C10H16N2O3S.Na/c25-14-8-13(35-33-32-30)17(26)24(14)12(18(27)28)4-1-2-6-21-19(29)20(5-3-7-31-20)16-15-11(9-34-16)22-10-23-15;13-8(14)4-2-1-3-7-9-6(5-16-7)11-10(15)12-9;/h9-10,12-13,30H,1-8H2,(H,21,29)(H,22,23)(H,27,28);6-7,9H,1-5H2,(H,13,14)(H2,11,12,15);/q;;+1/p-1/t;6-,7-,9-;/m.0./s1. The number of carbonyl (C=O) groups excluding carboxylic acids is 5. The normalized spacial score (nSPS) is 25.6. The number of nitrogens with one attached hydrogen (secondary N) is 4. The molecule has 0 aromatic carbocycles. The molecule has 3 unspecified atom stereocenters. The Kier molecular flexibility index (Phi) is 16.0. The van der Waals surface area contributed by atoms with E-state index in [1.165, 1.54) is 11.3 Å². The summed E-state index contributed by atoms with van der Waals surface area (Å²) in [4.78, 5) is 79.6. The van der Waals surface area contributed by atoms with Gasteiger partial charge in [-0.25, -0.2) is 15.0 Å². The fourth-order valence-electron chi connectivity index (χ4n) is 6.65. The number of ether oxygens (including phenoxy) is 1. The van der Waals surface area contributed by atoms with Crippen LogP contribution in [0.2, 0.25) is 0 Å². The smallest absolute Gasteiger partial charge is 0.548 e. The molecule has 6 heterocycles. The van der Waals surface area contributed by atoms with Crippen LogP contribution >= 0.6 is 35.1 Å². The molecule has 18 nitrogen and oxygen atoms in total. The third-order valence-electron chi connectivity index (χ3n) is 9.10. The first kappa shape index (κ1) is 42.3. The molecule has 2 aromatic rings. The van der Waals surface area contributed by atoms with E-state index in [0.29, 0.717) is 53.6 Å². The van der Waals surface area contributed by atoms with Gasteiger partial charge in [-0.1, -0.05) is 11.5 Å². The summed E-state index contributed by atoms with van der Waals surface area (Å²) in [5.74, 6) is -3.05. The number of H-pyrrole nitrogens is 1. The fourth-order valence-corrected chi connectivity index (χ4v) is 9.86. The molecule has 0 spiro atoms. The van der Waals surface area contributed by atoms with Crippen LogP contribution in [0.3, 0.4) is 0 Å². The van der Waals surface area contributed by atoms with Crippen molar-refractivity contribution in [1.29, 1.82) is 0 Å². The molecule has 4 aliphatic heterocycles. The second-order valence-electron chi connectivity index (χ2n) is 12.4. The average molecular weight is 795 g/mol. The Morgan fingerprint density at radius 3 is 2.73 bits per heavy atom. The number of nitrogens with zero attached hydrogens (tertiary/aromatic N) is 2. The predicted octanol–water partition coefficient (Wildman–Crippen LogP) is -1.97. The Labute approximate surface area is 332 Å². The van der Waals surface area contributed by atoms with Gasteiger partial charge in [-0.05, 0) is 44.9 Å². The number of carboxylic acids is 2. The molecule has 6 atom stereocenters. The van der Waals surface area contributed by atoms with E-state index in [1.54, 1.807) is 6.33 Å². The predicted molar refractivity (Wildman–Crippen MR) is 181 cm³/mol. The van der Waals surface area contributed by atoms with Crippen LogP contribution in [-0.4, -0.2) is 108 Å². The fraction of sp³-hybridized carbons (Fsp3) is 0.633. The third-order valence-corrected chi connectivity index (χ3v) is 12.5. The zero-order valence-corrected chi connectivity index (χ0v) is 32.8. The number of carbonyl (C=O) groups is 6. The van der Waals surface area contributed by atoms with Crippen LogP contribution in [0.4, 0.5) is 4.79 Å². The molecule has 280 valence electrons. The zero-order valence-electron chi connectivity index (χ0n) is 28.3. The second kappa shape index (κ2) is 19.7. The Balaban J connectivity index is 0.000000298. The van der Waals surface area contributed by atoms with Crippen LogP contribution in [0.1, 0.15) is 69.1 Å². The molecule has 4 aliphatic rings. The largest absolute Gasteiger partial charge is 1.00 e. The number of thiophene rings is 1. The minimum Gasteiger partial charge on any atom is -0.548 e. The van der Waals surface area contributed by atoms with Crippen molar-refractivity contribution in [2.45, 2.75) is 98.4 Å². The third kappa shape index (κ3) is 9.98. The molecule has 6 rings (SSSR count). The van der Waals surface area contributed by atoms with Gasteiger partial charge in [0.25, 0.3) is 5.91 Å². The summed E-state index contributed by atoms with van der Waals surface area (Å²) in [6, 6.07) is -1.01. The van der Waals surface area contributed by atoms with Crippen molar-refractivity contribution in [3.05, 3.63) is 16.6 Å². The molecular weight excluding hydrogens is 756 g/mol. The van der Waals surface area contributed by atoms with E-state index in [4.69, 9.17) is 15.1 Å². The number of hydrogen-bond acceptors (Lipinski definition) is 15. The van der Waals surface area contributed by atoms with Gasteiger partial charge in [0.1, 0.15) is 10.8 Å². The van der Waals surface area contributed by atoms with Gasteiger partial charge in [0.2, 0.25) is 11.8 Å². The number of hydrogen-bond donors (Lipinski definition) is 6. The molecule has 2 aromatic heterocycles. The van der Waals surface area contributed by atoms with Crippen molar-refractivity contribution in [3.8, 4) is 0 Å². The Hall–Kier alpha value is -2.47.